The molecule has 1 aliphatic heterocycles. The monoisotopic (exact) mass is 689 g/mol. The third-order valence-corrected chi connectivity index (χ3v) is 8.10. The summed E-state index contributed by atoms with van der Waals surface area (Å²) >= 11 is 7.86. The SMILES string of the molecule is CCS/C(=N\C(=O)Nc1ccc(CN(C)C2N=CN(c3ccc(OC(F)(F)F)cc3)N2)c(Cl)c1)N(C=O)c1cc(C)ccc1C(C)C. The number of hydrogen-bond donors (Lipinski definition) is 2. The highest BCUT2D eigenvalue weighted by molar-refractivity contribution is 8.14. The van der Waals surface area contributed by atoms with Crippen LogP contribution in [0.4, 0.5) is 35.0 Å². The lowest BCUT2D eigenvalue weighted by molar-refractivity contribution is -0.274. The minimum Gasteiger partial charge on any atom is -0.406 e. The molecule has 10 nitrogen and oxygen atoms in total. The molecule has 0 aliphatic carbocycles. The number of rotatable bonds is 10. The second-order valence-corrected chi connectivity index (χ2v) is 12.5. The zero-order valence-corrected chi connectivity index (χ0v) is 28.0. The van der Waals surface area contributed by atoms with Crippen molar-refractivity contribution in [2.45, 2.75) is 52.8 Å². The van der Waals surface area contributed by atoms with Gasteiger partial charge in [-0.05, 0) is 84.8 Å². The Morgan fingerprint density at radius 1 is 1.19 bits per heavy atom. The van der Waals surface area contributed by atoms with Crippen LogP contribution < -0.4 is 25.4 Å². The lowest BCUT2D eigenvalue weighted by Gasteiger charge is -2.25. The van der Waals surface area contributed by atoms with Gasteiger partial charge in [-0.25, -0.2) is 9.79 Å². The van der Waals surface area contributed by atoms with Gasteiger partial charge < -0.3 is 10.1 Å². The molecular weight excluding hydrogens is 655 g/mol. The summed E-state index contributed by atoms with van der Waals surface area (Å²) in [6.07, 6.45) is -3.05. The Balaban J connectivity index is 1.40. The minimum absolute atomic E-state index is 0.146. The van der Waals surface area contributed by atoms with Gasteiger partial charge in [0, 0.05) is 17.3 Å². The van der Waals surface area contributed by atoms with Crippen molar-refractivity contribution in [2.24, 2.45) is 9.98 Å². The number of benzene rings is 3. The molecule has 0 bridgehead atoms. The number of nitrogens with zero attached hydrogens (tertiary/aromatic N) is 5. The number of halogens is 4. The van der Waals surface area contributed by atoms with E-state index in [1.165, 1.54) is 47.3 Å². The highest BCUT2D eigenvalue weighted by atomic mass is 35.5. The van der Waals surface area contributed by atoms with E-state index < -0.39 is 18.7 Å². The van der Waals surface area contributed by atoms with E-state index in [9.17, 15) is 22.8 Å². The molecule has 3 aromatic carbocycles. The topological polar surface area (TPSA) is 102 Å². The van der Waals surface area contributed by atoms with Crippen molar-refractivity contribution < 1.29 is 27.5 Å². The third kappa shape index (κ3) is 9.70. The van der Waals surface area contributed by atoms with Gasteiger partial charge in [0.05, 0.1) is 11.4 Å². The molecule has 1 heterocycles. The average molecular weight is 690 g/mol. The van der Waals surface area contributed by atoms with E-state index in [4.69, 9.17) is 11.6 Å². The summed E-state index contributed by atoms with van der Waals surface area (Å²) < 4.78 is 41.3. The molecule has 3 amide bonds. The van der Waals surface area contributed by atoms with Gasteiger partial charge in [-0.2, -0.15) is 10.4 Å². The molecule has 0 aromatic heterocycles. The minimum atomic E-state index is -4.77. The lowest BCUT2D eigenvalue weighted by atomic mass is 9.99. The van der Waals surface area contributed by atoms with Crippen LogP contribution in [0, 0.1) is 6.92 Å². The number of aliphatic imine (C=N–C) groups is 2. The molecule has 2 N–H and O–H groups in total. The molecule has 0 spiro atoms. The Morgan fingerprint density at radius 3 is 2.53 bits per heavy atom. The normalized spacial score (nSPS) is 15.0. The summed E-state index contributed by atoms with van der Waals surface area (Å²) in [7, 11) is 1.82. The molecule has 0 saturated carbocycles. The summed E-state index contributed by atoms with van der Waals surface area (Å²) in [5.74, 6) is 0.416. The second-order valence-electron chi connectivity index (χ2n) is 10.9. The van der Waals surface area contributed by atoms with Crippen LogP contribution in [0.2, 0.25) is 5.02 Å². The van der Waals surface area contributed by atoms with Crippen LogP contribution >= 0.6 is 23.4 Å². The molecule has 0 saturated heterocycles. The fraction of sp³-hybridized carbons (Fsp3) is 0.312. The Hall–Kier alpha value is -4.11. The van der Waals surface area contributed by atoms with E-state index in [-0.39, 0.29) is 16.8 Å². The summed E-state index contributed by atoms with van der Waals surface area (Å²) in [5, 5.41) is 4.97. The summed E-state index contributed by atoms with van der Waals surface area (Å²) in [5.41, 5.74) is 7.51. The zero-order chi connectivity index (χ0) is 34.3. The van der Waals surface area contributed by atoms with E-state index in [2.05, 4.69) is 25.5 Å². The molecule has 0 fully saturated rings. The highest BCUT2D eigenvalue weighted by Crippen LogP contribution is 2.31. The quantitative estimate of drug-likeness (QED) is 0.128. The molecule has 1 atom stereocenters. The van der Waals surface area contributed by atoms with Crippen molar-refractivity contribution in [1.29, 1.82) is 0 Å². The molecule has 1 unspecified atom stereocenters. The van der Waals surface area contributed by atoms with Gasteiger partial charge in [-0.3, -0.25) is 19.6 Å². The largest absolute Gasteiger partial charge is 0.573 e. The maximum Gasteiger partial charge on any atom is 0.573 e. The number of alkyl halides is 3. The number of carbonyl (C=O) groups is 2. The number of nitrogens with one attached hydrogen (secondary N) is 2. The maximum atomic E-state index is 13.0. The zero-order valence-electron chi connectivity index (χ0n) is 26.4. The Kier molecular flexibility index (Phi) is 11.9. The summed E-state index contributed by atoms with van der Waals surface area (Å²) in [6.45, 7) is 8.30. The number of hydrazine groups is 1. The molecule has 15 heteroatoms. The number of thioether (sulfide) groups is 1. The van der Waals surface area contributed by atoms with Crippen molar-refractivity contribution in [3.8, 4) is 5.75 Å². The first kappa shape index (κ1) is 35.7. The van der Waals surface area contributed by atoms with Crippen molar-refractivity contribution in [3.63, 3.8) is 0 Å². The van der Waals surface area contributed by atoms with Crippen molar-refractivity contribution in [1.82, 2.24) is 10.3 Å². The molecule has 3 aromatic rings. The Morgan fingerprint density at radius 2 is 1.91 bits per heavy atom. The molecule has 250 valence electrons. The highest BCUT2D eigenvalue weighted by Gasteiger charge is 2.31. The number of amidine groups is 1. The van der Waals surface area contributed by atoms with Crippen LogP contribution in [0.15, 0.2) is 70.6 Å². The molecule has 0 radical (unpaired) electrons. The molecule has 1 aliphatic rings. The van der Waals surface area contributed by atoms with Gasteiger partial charge in [0.25, 0.3) is 0 Å². The number of hydrogen-bond acceptors (Lipinski definition) is 8. The van der Waals surface area contributed by atoms with Gasteiger partial charge in [0.2, 0.25) is 6.41 Å². The van der Waals surface area contributed by atoms with E-state index in [0.29, 0.717) is 40.8 Å². The number of anilines is 3. The smallest absolute Gasteiger partial charge is 0.406 e. The molecule has 4 rings (SSSR count). The van der Waals surface area contributed by atoms with Crippen molar-refractivity contribution in [3.05, 3.63) is 82.4 Å². The third-order valence-electron chi connectivity index (χ3n) is 6.92. The van der Waals surface area contributed by atoms with Crippen molar-refractivity contribution in [2.75, 3.05) is 28.0 Å². The first-order valence-corrected chi connectivity index (χ1v) is 15.9. The van der Waals surface area contributed by atoms with Crippen molar-refractivity contribution >= 4 is 64.4 Å². The molecule has 47 heavy (non-hydrogen) atoms. The number of carbonyl (C=O) groups excluding carboxylic acids is 2. The summed E-state index contributed by atoms with van der Waals surface area (Å²) in [6, 6.07) is 15.7. The fourth-order valence-corrected chi connectivity index (χ4v) is 5.60. The fourth-order valence-electron chi connectivity index (χ4n) is 4.67. The number of ether oxygens (including phenoxy) is 1. The van der Waals surface area contributed by atoms with E-state index in [0.717, 1.165) is 16.7 Å². The number of urea groups is 1. The number of aryl methyl sites for hydroxylation is 1. The Bertz CT molecular complexity index is 1640. The van der Waals surface area contributed by atoms with Gasteiger partial charge in [-0.15, -0.1) is 13.2 Å². The van der Waals surface area contributed by atoms with Crippen LogP contribution in [-0.4, -0.2) is 54.3 Å². The molecular formula is C32H35ClF3N7O3S. The first-order chi connectivity index (χ1) is 22.3. The Labute approximate surface area is 280 Å². The standard InChI is InChI=1S/C32H35ClF3N7O3S/c1-6-47-31(42(19-44)28-15-21(4)7-14-26(28)20(2)3)39-30(45)38-23-9-8-22(27(33)16-23)17-41(5)29-37-18-43(40-29)24-10-12-25(13-11-24)46-32(34,35)36/h7-16,18-20,29,40H,6,17H2,1-5H3,(H,38,45)/b39-31-. The van der Waals surface area contributed by atoms with Crippen LogP contribution in [0.5, 0.6) is 5.75 Å². The van der Waals surface area contributed by atoms with Gasteiger partial charge >= 0.3 is 12.4 Å². The van der Waals surface area contributed by atoms with Crippen LogP contribution in [0.1, 0.15) is 43.4 Å². The maximum absolute atomic E-state index is 13.0. The average Bonchev–Trinajstić information content (AvgIpc) is 3.49. The van der Waals surface area contributed by atoms with Crippen LogP contribution in [-0.2, 0) is 11.3 Å². The summed E-state index contributed by atoms with van der Waals surface area (Å²) in [4.78, 5) is 37.2. The van der Waals surface area contributed by atoms with Crippen LogP contribution in [0.25, 0.3) is 0 Å². The van der Waals surface area contributed by atoms with Gasteiger partial charge in [-0.1, -0.05) is 62.3 Å². The lowest BCUT2D eigenvalue weighted by Crippen LogP contribution is -2.45. The number of amides is 3. The second kappa shape index (κ2) is 15.7. The van der Waals surface area contributed by atoms with E-state index >= 15 is 0 Å². The van der Waals surface area contributed by atoms with Crippen LogP contribution in [0.3, 0.4) is 0 Å². The van der Waals surface area contributed by atoms with Gasteiger partial charge in [0.1, 0.15) is 12.1 Å². The predicted octanol–water partition coefficient (Wildman–Crippen LogP) is 7.74. The van der Waals surface area contributed by atoms with E-state index in [1.807, 2.05) is 57.8 Å². The van der Waals surface area contributed by atoms with E-state index in [1.54, 1.807) is 23.2 Å². The predicted molar refractivity (Wildman–Crippen MR) is 182 cm³/mol. The first-order valence-electron chi connectivity index (χ1n) is 14.6. The van der Waals surface area contributed by atoms with Gasteiger partial charge in [0.15, 0.2) is 11.5 Å².